The summed E-state index contributed by atoms with van der Waals surface area (Å²) in [5, 5.41) is 25.5. The molecule has 27 heavy (non-hydrogen) atoms. The Morgan fingerprint density at radius 3 is 2.59 bits per heavy atom. The minimum atomic E-state index is 0.553. The molecule has 0 saturated carbocycles. The highest BCUT2D eigenvalue weighted by Gasteiger charge is 2.21. The van der Waals surface area contributed by atoms with Gasteiger partial charge in [-0.15, -0.1) is 54.4 Å². The van der Waals surface area contributed by atoms with Gasteiger partial charge in [-0.2, -0.15) is 10.2 Å². The Kier molecular flexibility index (Phi) is 3.17. The first-order chi connectivity index (χ1) is 13.4. The van der Waals surface area contributed by atoms with Crippen LogP contribution < -0.4 is 0 Å². The van der Waals surface area contributed by atoms with Gasteiger partial charge in [0.05, 0.1) is 37.5 Å². The zero-order valence-electron chi connectivity index (χ0n) is 13.1. The molecule has 6 aromatic heterocycles. The highest BCUT2D eigenvalue weighted by atomic mass is 32.1. The van der Waals surface area contributed by atoms with Crippen molar-refractivity contribution in [2.45, 2.75) is 0 Å². The molecule has 6 aromatic rings. The Morgan fingerprint density at radius 2 is 1.63 bits per heavy atom. The van der Waals surface area contributed by atoms with Gasteiger partial charge in [0.15, 0.2) is 0 Å². The number of hydrogen-bond acceptors (Lipinski definition) is 12. The maximum Gasteiger partial charge on any atom is 0.146 e. The maximum atomic E-state index is 4.61. The Hall–Kier alpha value is -3.09. The number of thiazole rings is 3. The van der Waals surface area contributed by atoms with Crippen molar-refractivity contribution in [1.29, 1.82) is 0 Å². The average Bonchev–Trinajstić information content (AvgIpc) is 3.45. The van der Waals surface area contributed by atoms with E-state index in [0.717, 1.165) is 24.6 Å². The summed E-state index contributed by atoms with van der Waals surface area (Å²) in [4.78, 5) is 13.5. The zero-order chi connectivity index (χ0) is 17.8. The van der Waals surface area contributed by atoms with Crippen LogP contribution in [0.4, 0.5) is 0 Å². The monoisotopic (exact) mass is 406 g/mol. The summed E-state index contributed by atoms with van der Waals surface area (Å²) in [7, 11) is 0. The largest absolute Gasteiger partial charge is 0.242 e. The van der Waals surface area contributed by atoms with E-state index in [9.17, 15) is 0 Å². The zero-order valence-corrected chi connectivity index (χ0v) is 15.5. The molecule has 0 amide bonds. The predicted molar refractivity (Wildman–Crippen MR) is 102 cm³/mol. The average molecular weight is 406 g/mol. The fourth-order valence-electron chi connectivity index (χ4n) is 2.70. The lowest BCUT2D eigenvalue weighted by atomic mass is 10.2. The summed E-state index contributed by atoms with van der Waals surface area (Å²) in [5.41, 5.74) is 7.47. The fraction of sp³-hybridized carbons (Fsp3) is 0. The van der Waals surface area contributed by atoms with Crippen LogP contribution >= 0.6 is 34.0 Å². The molecule has 0 fully saturated rings. The van der Waals surface area contributed by atoms with Gasteiger partial charge in [-0.1, -0.05) is 0 Å². The van der Waals surface area contributed by atoms with Gasteiger partial charge in [-0.3, -0.25) is 0 Å². The molecule has 12 heteroatoms. The van der Waals surface area contributed by atoms with Crippen molar-refractivity contribution in [3.63, 3.8) is 0 Å². The second-order valence-corrected chi connectivity index (χ2v) is 8.12. The molecule has 0 atom stereocenters. The maximum absolute atomic E-state index is 4.61. The summed E-state index contributed by atoms with van der Waals surface area (Å²) in [6.07, 6.45) is 6.17. The standard InChI is InChI=1S/C15H4N9S3/c1-6-7(2-19-18-1)27-15(21-6)13-14-12(17-5-26-14)11(23-24-13)10-9-8(3-20-22-10)25-4-16-9/h1-2,4-5H. The Morgan fingerprint density at radius 1 is 0.815 bits per heavy atom. The van der Waals surface area contributed by atoms with Gasteiger partial charge in [0, 0.05) is 0 Å². The van der Waals surface area contributed by atoms with E-state index in [1.165, 1.54) is 34.0 Å². The van der Waals surface area contributed by atoms with Crippen LogP contribution in [0.15, 0.2) is 23.4 Å². The molecule has 127 valence electrons. The molecular formula is C15H4N9S3. The smallest absolute Gasteiger partial charge is 0.146 e. The molecular weight excluding hydrogens is 402 g/mol. The van der Waals surface area contributed by atoms with E-state index in [2.05, 4.69) is 51.7 Å². The fourth-order valence-corrected chi connectivity index (χ4v) is 5.05. The molecule has 0 saturated heterocycles. The number of nitrogens with zero attached hydrogens (tertiary/aromatic N) is 9. The van der Waals surface area contributed by atoms with Gasteiger partial charge in [0.1, 0.15) is 44.8 Å². The molecule has 6 rings (SSSR count). The van der Waals surface area contributed by atoms with E-state index < -0.39 is 0 Å². The van der Waals surface area contributed by atoms with Gasteiger partial charge < -0.3 is 0 Å². The van der Waals surface area contributed by atoms with Crippen LogP contribution in [0.1, 0.15) is 0 Å². The number of hydrogen-bond donors (Lipinski definition) is 0. The van der Waals surface area contributed by atoms with Crippen molar-refractivity contribution in [2.75, 3.05) is 0 Å². The van der Waals surface area contributed by atoms with Crippen molar-refractivity contribution in [3.05, 3.63) is 29.6 Å². The summed E-state index contributed by atoms with van der Waals surface area (Å²) in [6.45, 7) is 0. The van der Waals surface area contributed by atoms with Crippen molar-refractivity contribution in [3.8, 4) is 22.1 Å². The number of rotatable bonds is 2. The van der Waals surface area contributed by atoms with Crippen molar-refractivity contribution >= 4 is 64.7 Å². The lowest BCUT2D eigenvalue weighted by Crippen LogP contribution is -1.97. The van der Waals surface area contributed by atoms with Crippen LogP contribution in [0.25, 0.3) is 52.7 Å². The van der Waals surface area contributed by atoms with Crippen LogP contribution in [-0.2, 0) is 0 Å². The van der Waals surface area contributed by atoms with Crippen LogP contribution in [0, 0.1) is 6.20 Å². The number of fused-ring (bicyclic) bond motifs is 3. The summed E-state index contributed by atoms with van der Waals surface area (Å²) in [6, 6.07) is 0. The summed E-state index contributed by atoms with van der Waals surface area (Å²) < 4.78 is 2.65. The first kappa shape index (κ1) is 15.0. The van der Waals surface area contributed by atoms with E-state index >= 15 is 0 Å². The Labute approximate surface area is 161 Å². The molecule has 0 N–H and O–H groups in total. The van der Waals surface area contributed by atoms with Crippen LogP contribution in [0.5, 0.6) is 0 Å². The van der Waals surface area contributed by atoms with E-state index in [-0.39, 0.29) is 0 Å². The third kappa shape index (κ3) is 2.24. The topological polar surface area (TPSA) is 116 Å². The number of aromatic nitrogens is 9. The molecule has 6 heterocycles. The quantitative estimate of drug-likeness (QED) is 0.428. The van der Waals surface area contributed by atoms with Crippen molar-refractivity contribution in [2.24, 2.45) is 0 Å². The third-order valence-electron chi connectivity index (χ3n) is 3.88. The molecule has 0 aliphatic rings. The normalized spacial score (nSPS) is 11.7. The minimum absolute atomic E-state index is 0.553. The molecule has 1 radical (unpaired) electrons. The molecule has 9 nitrogen and oxygen atoms in total. The first-order valence-corrected chi connectivity index (χ1v) is 10.1. The van der Waals surface area contributed by atoms with E-state index in [0.29, 0.717) is 28.1 Å². The van der Waals surface area contributed by atoms with Crippen LogP contribution in [0.2, 0.25) is 0 Å². The molecule has 0 aliphatic heterocycles. The Bertz CT molecular complexity index is 1420. The first-order valence-electron chi connectivity index (χ1n) is 7.54. The molecule has 0 unspecified atom stereocenters. The minimum Gasteiger partial charge on any atom is -0.242 e. The van der Waals surface area contributed by atoms with Gasteiger partial charge >= 0.3 is 0 Å². The molecule has 0 aromatic carbocycles. The van der Waals surface area contributed by atoms with Crippen LogP contribution in [0.3, 0.4) is 0 Å². The highest BCUT2D eigenvalue weighted by molar-refractivity contribution is 7.22. The van der Waals surface area contributed by atoms with Gasteiger partial charge in [-0.25, -0.2) is 15.0 Å². The lowest BCUT2D eigenvalue weighted by molar-refractivity contribution is 1.01. The van der Waals surface area contributed by atoms with E-state index in [1.807, 2.05) is 0 Å². The summed E-state index contributed by atoms with van der Waals surface area (Å²) in [5.74, 6) is 0. The summed E-state index contributed by atoms with van der Waals surface area (Å²) >= 11 is 4.43. The van der Waals surface area contributed by atoms with E-state index in [4.69, 9.17) is 0 Å². The van der Waals surface area contributed by atoms with Crippen LogP contribution in [-0.4, -0.2) is 45.5 Å². The lowest BCUT2D eigenvalue weighted by Gasteiger charge is -2.02. The van der Waals surface area contributed by atoms with Gasteiger partial charge in [-0.05, 0) is 0 Å². The van der Waals surface area contributed by atoms with E-state index in [1.54, 1.807) is 23.4 Å². The van der Waals surface area contributed by atoms with Crippen molar-refractivity contribution in [1.82, 2.24) is 45.5 Å². The third-order valence-corrected chi connectivity index (χ3v) is 6.46. The molecule has 0 aliphatic carbocycles. The SMILES string of the molecule is [c]1nnc(-c2nnc(-c3nc4cnncc4s3)c3scnc23)c2ncsc12. The van der Waals surface area contributed by atoms with Gasteiger partial charge in [0.2, 0.25) is 0 Å². The van der Waals surface area contributed by atoms with Crippen molar-refractivity contribution < 1.29 is 0 Å². The second kappa shape index (κ2) is 5.70. The molecule has 0 spiro atoms. The van der Waals surface area contributed by atoms with Gasteiger partial charge in [0.25, 0.3) is 0 Å². The highest BCUT2D eigenvalue weighted by Crippen LogP contribution is 2.37. The molecule has 0 bridgehead atoms. The Balaban J connectivity index is 1.61. The predicted octanol–water partition coefficient (Wildman–Crippen LogP) is 3.02. The second-order valence-electron chi connectivity index (χ2n) is 5.38.